The van der Waals surface area contributed by atoms with E-state index in [1.807, 2.05) is 42.5 Å². The maximum absolute atomic E-state index is 12.7. The third-order valence-electron chi connectivity index (χ3n) is 12.2. The molecule has 8 rings (SSSR count). The zero-order valence-electron chi connectivity index (χ0n) is 36.6. The molecule has 0 bridgehead atoms. The van der Waals surface area contributed by atoms with E-state index in [0.29, 0.717) is 18.0 Å². The van der Waals surface area contributed by atoms with Crippen molar-refractivity contribution >= 4 is 29.5 Å². The number of carbonyl (C=O) groups excluding carboxylic acids is 2. The average molecular weight is 973 g/mol. The van der Waals surface area contributed by atoms with Gasteiger partial charge in [0.2, 0.25) is 5.91 Å². The third-order valence-corrected chi connectivity index (χ3v) is 12.2. The summed E-state index contributed by atoms with van der Waals surface area (Å²) in [7, 11) is 0. The van der Waals surface area contributed by atoms with Crippen LogP contribution in [0, 0.1) is 24.0 Å². The predicted molar refractivity (Wildman–Crippen MR) is 245 cm³/mol. The van der Waals surface area contributed by atoms with Crippen molar-refractivity contribution in [2.24, 2.45) is 5.92 Å². The number of hydrogen-bond acceptors (Lipinski definition) is 6. The Balaban J connectivity index is 0.000000240. The van der Waals surface area contributed by atoms with Crippen LogP contribution in [0.5, 0.6) is 0 Å². The molecule has 1 unspecified atom stereocenters. The van der Waals surface area contributed by atoms with Crippen molar-refractivity contribution in [1.29, 1.82) is 0 Å². The zero-order valence-corrected chi connectivity index (χ0v) is 42.3. The fourth-order valence-electron chi connectivity index (χ4n) is 9.04. The minimum absolute atomic E-state index is 0. The summed E-state index contributed by atoms with van der Waals surface area (Å²) in [5, 5.41) is 8.74. The minimum atomic E-state index is -0.380. The monoisotopic (exact) mass is 972 g/mol. The smallest absolute Gasteiger partial charge is 0.235 e. The Hall–Kier alpha value is -2.84. The Morgan fingerprint density at radius 3 is 1.95 bits per heavy atom. The van der Waals surface area contributed by atoms with Crippen LogP contribution in [-0.2, 0) is 99.7 Å². The number of anilines is 3. The number of likely N-dealkylation sites (tertiary alicyclic amines) is 2. The number of piperidine rings is 2. The number of pyridine rings is 1. The van der Waals surface area contributed by atoms with E-state index >= 15 is 0 Å². The van der Waals surface area contributed by atoms with E-state index in [2.05, 4.69) is 121 Å². The number of fused-ring (bicyclic) bond motifs is 3. The van der Waals surface area contributed by atoms with Crippen molar-refractivity contribution < 1.29 is 75.0 Å². The van der Waals surface area contributed by atoms with Gasteiger partial charge in [0.1, 0.15) is 0 Å². The second kappa shape index (κ2) is 24.9. The Labute approximate surface area is 418 Å². The molecule has 8 nitrogen and oxygen atoms in total. The number of amides is 2. The van der Waals surface area contributed by atoms with E-state index in [-0.39, 0.29) is 84.2 Å². The van der Waals surface area contributed by atoms with Crippen LogP contribution in [0.1, 0.15) is 108 Å². The summed E-state index contributed by atoms with van der Waals surface area (Å²) >= 11 is 0. The predicted octanol–water partition coefficient (Wildman–Crippen LogP) is 9.96. The largest absolute Gasteiger partial charge is 0.491 e. The van der Waals surface area contributed by atoms with Crippen LogP contribution in [-0.4, -0.2) is 65.4 Å². The fraction of sp³-hybridized carbons (Fsp3) is 0.431. The summed E-state index contributed by atoms with van der Waals surface area (Å²) in [6.07, 6.45) is 13.4. The first-order valence-electron chi connectivity index (χ1n) is 21.2. The molecule has 1 atom stereocenters. The van der Waals surface area contributed by atoms with Gasteiger partial charge in [-0.1, -0.05) is 89.4 Å². The summed E-state index contributed by atoms with van der Waals surface area (Å²) in [5.74, 6) is 4.61. The van der Waals surface area contributed by atoms with Crippen LogP contribution in [0.3, 0.4) is 0 Å². The van der Waals surface area contributed by atoms with E-state index in [1.165, 1.54) is 45.2 Å². The second-order valence-electron chi connectivity index (χ2n) is 17.1. The molecular formula is C51H66N6O2Y2-4. The summed E-state index contributed by atoms with van der Waals surface area (Å²) in [6.45, 7) is 21.6. The number of nitrogens with one attached hydrogen (secondary N) is 3. The minimum Gasteiger partial charge on any atom is -0.491 e. The molecule has 322 valence electrons. The molecule has 1 spiro atoms. The molecule has 4 aliphatic rings. The molecule has 3 aliphatic heterocycles. The Morgan fingerprint density at radius 1 is 0.770 bits per heavy atom. The number of carbonyl (C=O) groups is 1. The number of aromatic nitrogens is 1. The first-order valence-corrected chi connectivity index (χ1v) is 21.2. The molecule has 61 heavy (non-hydrogen) atoms. The van der Waals surface area contributed by atoms with Crippen molar-refractivity contribution in [2.45, 2.75) is 111 Å². The van der Waals surface area contributed by atoms with Crippen molar-refractivity contribution in [3.8, 4) is 0 Å². The molecule has 1 aromatic heterocycles. The average Bonchev–Trinajstić information content (AvgIpc) is 3.74. The van der Waals surface area contributed by atoms with Crippen molar-refractivity contribution in [2.75, 3.05) is 42.1 Å². The van der Waals surface area contributed by atoms with Crippen LogP contribution in [0.25, 0.3) is 0 Å². The third kappa shape index (κ3) is 13.1. The van der Waals surface area contributed by atoms with Crippen LogP contribution >= 0.6 is 0 Å². The molecule has 4 heterocycles. The molecule has 1 aliphatic carbocycles. The Bertz CT molecular complexity index is 1930. The first-order chi connectivity index (χ1) is 28.0. The number of nitrogens with zero attached hydrogens (tertiary/aromatic N) is 3. The van der Waals surface area contributed by atoms with Crippen molar-refractivity contribution in [1.82, 2.24) is 14.8 Å². The van der Waals surface area contributed by atoms with Gasteiger partial charge in [-0.3, -0.25) is 4.79 Å². The van der Waals surface area contributed by atoms with E-state index in [4.69, 9.17) is 0 Å². The van der Waals surface area contributed by atoms with Gasteiger partial charge in [0.15, 0.2) is 0 Å². The standard InChI is InChI=1S/C20H21NO.C15H21N3.C15H20N2O.CH4.2Y/c1-13(2)9-14-7-8-15-11-20(12-16(15)10-14)17-5-3-4-6-18(17)21-19(20)22;1-4-16-15-14(6-5-9-17-15)13-7-10-18(11-8-13)12(2)3;1-12(2)17-9-7-13(8-10-17)14-5-3-4-6-15(14)16-11-18;;;/h3-8,10,13H,9,11-12H2,1-2H3,(H,21,22);5-6,9,12H,1,7-8,10-11H2,2-3H3,(H,16,17);3-6,12H,7-10H2,1-2H3,(H,16,18);1H4;;/q;2*-2;;;. The maximum atomic E-state index is 12.7. The molecule has 2 fully saturated rings. The van der Waals surface area contributed by atoms with E-state index in [0.717, 1.165) is 88.3 Å². The Morgan fingerprint density at radius 2 is 1.34 bits per heavy atom. The molecule has 10 heteroatoms. The summed E-state index contributed by atoms with van der Waals surface area (Å²) in [4.78, 5) is 32.5. The van der Waals surface area contributed by atoms with Gasteiger partial charge >= 0.3 is 0 Å². The number of rotatable bonds is 10. The molecule has 3 N–H and O–H groups in total. The van der Waals surface area contributed by atoms with Gasteiger partial charge in [-0.05, 0) is 107 Å². The number of benzene rings is 3. The summed E-state index contributed by atoms with van der Waals surface area (Å²) in [5.41, 5.74) is 9.11. The van der Waals surface area contributed by atoms with Crippen LogP contribution in [0.2, 0.25) is 0 Å². The van der Waals surface area contributed by atoms with E-state index in [9.17, 15) is 9.59 Å². The molecule has 3 aromatic carbocycles. The zero-order chi connectivity index (χ0) is 41.2. The van der Waals surface area contributed by atoms with Gasteiger partial charge in [-0.25, -0.2) is 0 Å². The topological polar surface area (TPSA) is 89.6 Å². The molecule has 2 amide bonds. The van der Waals surface area contributed by atoms with Crippen LogP contribution < -0.4 is 16.0 Å². The first kappa shape index (κ1) is 52.5. The van der Waals surface area contributed by atoms with Gasteiger partial charge in [-0.2, -0.15) is 42.3 Å². The summed E-state index contributed by atoms with van der Waals surface area (Å²) in [6, 6.07) is 28.3. The second-order valence-corrected chi connectivity index (χ2v) is 17.1. The summed E-state index contributed by atoms with van der Waals surface area (Å²) < 4.78 is 0. The van der Waals surface area contributed by atoms with Crippen molar-refractivity contribution in [3.63, 3.8) is 0 Å². The van der Waals surface area contributed by atoms with Gasteiger partial charge in [0.05, 0.1) is 11.8 Å². The fourth-order valence-corrected chi connectivity index (χ4v) is 9.04. The molecule has 2 saturated heterocycles. The number of hydrogen-bond donors (Lipinski definition) is 3. The molecule has 2 radical (unpaired) electrons. The van der Waals surface area contributed by atoms with Crippen molar-refractivity contribution in [3.05, 3.63) is 143 Å². The SMILES string of the molecule is C.C=[C-]Nc1ncccc1[C-]1CCN(C(C)C)CC1.CC(C)Cc1ccc2c(c1)CC1(C2)C(=O)Nc2ccccc21.CC(C)N1CC[C-](c2ccccc2N[C-]=O)CC1.[Y].[Y]. The maximum Gasteiger partial charge on any atom is 0.235 e. The molecule has 4 aromatic rings. The Kier molecular flexibility index (Phi) is 21.4. The number of para-hydroxylation sites is 2. The van der Waals surface area contributed by atoms with E-state index in [1.54, 1.807) is 12.6 Å². The van der Waals surface area contributed by atoms with Crippen LogP contribution in [0.15, 0.2) is 91.6 Å². The quantitative estimate of drug-likeness (QED) is 0.108. The van der Waals surface area contributed by atoms with Gasteiger partial charge in [-0.15, -0.1) is 29.4 Å². The molecular weight excluding hydrogens is 906 g/mol. The normalized spacial score (nSPS) is 18.0. The van der Waals surface area contributed by atoms with Gasteiger partial charge in [0, 0.05) is 95.2 Å². The van der Waals surface area contributed by atoms with E-state index < -0.39 is 0 Å². The van der Waals surface area contributed by atoms with Gasteiger partial charge < -0.3 is 35.5 Å². The van der Waals surface area contributed by atoms with Crippen LogP contribution in [0.4, 0.5) is 17.2 Å². The molecule has 0 saturated carbocycles. The van der Waals surface area contributed by atoms with Gasteiger partial charge in [0.25, 0.3) is 0 Å².